The number of nitrogens with one attached hydrogen (secondary N) is 1. The first-order valence-corrected chi connectivity index (χ1v) is 10.3. The quantitative estimate of drug-likeness (QED) is 0.814. The van der Waals surface area contributed by atoms with E-state index in [1.54, 1.807) is 11.3 Å². The molecule has 0 spiro atoms. The van der Waals surface area contributed by atoms with Crippen molar-refractivity contribution in [1.82, 2.24) is 15.2 Å². The number of benzene rings is 1. The van der Waals surface area contributed by atoms with Crippen LogP contribution in [-0.4, -0.2) is 46.1 Å². The summed E-state index contributed by atoms with van der Waals surface area (Å²) in [4.78, 5) is 19.2. The van der Waals surface area contributed by atoms with Gasteiger partial charge in [-0.3, -0.25) is 9.69 Å². The van der Waals surface area contributed by atoms with Crippen molar-refractivity contribution in [3.63, 3.8) is 0 Å². The molecule has 27 heavy (non-hydrogen) atoms. The number of aromatic nitrogens is 1. The van der Waals surface area contributed by atoms with Crippen molar-refractivity contribution < 1.29 is 14.3 Å². The summed E-state index contributed by atoms with van der Waals surface area (Å²) in [6.07, 6.45) is 2.49. The summed E-state index contributed by atoms with van der Waals surface area (Å²) < 4.78 is 14.0. The number of carbonyl (C=O) groups is 1. The van der Waals surface area contributed by atoms with Gasteiger partial charge in [0, 0.05) is 24.7 Å². The first-order valence-electron chi connectivity index (χ1n) is 9.05. The van der Waals surface area contributed by atoms with Crippen LogP contribution >= 0.6 is 22.9 Å². The molecule has 0 unspecified atom stereocenters. The van der Waals surface area contributed by atoms with Crippen LogP contribution in [-0.2, 0) is 6.54 Å². The van der Waals surface area contributed by atoms with Crippen LogP contribution in [0.2, 0.25) is 5.02 Å². The lowest BCUT2D eigenvalue weighted by Crippen LogP contribution is -2.49. The third-order valence-electron chi connectivity index (χ3n) is 5.57. The van der Waals surface area contributed by atoms with Gasteiger partial charge in [-0.1, -0.05) is 17.7 Å². The monoisotopic (exact) mass is 409 g/mol. The van der Waals surface area contributed by atoms with Crippen LogP contribution in [0.25, 0.3) is 0 Å². The minimum atomic E-state index is -0.654. The topological polar surface area (TPSA) is 65.5 Å². The van der Waals surface area contributed by atoms with Crippen molar-refractivity contribution in [3.8, 4) is 0 Å². The molecule has 1 aliphatic carbocycles. The van der Waals surface area contributed by atoms with Crippen LogP contribution in [0.3, 0.4) is 0 Å². The van der Waals surface area contributed by atoms with Gasteiger partial charge >= 0.3 is 0 Å². The van der Waals surface area contributed by atoms with Gasteiger partial charge in [0.15, 0.2) is 0 Å². The molecule has 1 saturated carbocycles. The second-order valence-electron chi connectivity index (χ2n) is 7.36. The standard InChI is InChI=1S/C19H21ClFN3O2S/c20-13-2-1-3-14(21)18(13)19(26)23-15-6-11-8-24(9-12(11)7-16(15)25)10-17-22-4-5-27-17/h1-5,11-12,15-16,25H,6-10H2,(H,23,26)/t11-,12+,15-,16-/m0/s1. The maximum absolute atomic E-state index is 14.0. The Morgan fingerprint density at radius 3 is 2.85 bits per heavy atom. The third-order valence-corrected chi connectivity index (χ3v) is 6.65. The van der Waals surface area contributed by atoms with E-state index in [2.05, 4.69) is 15.2 Å². The van der Waals surface area contributed by atoms with E-state index >= 15 is 0 Å². The summed E-state index contributed by atoms with van der Waals surface area (Å²) in [7, 11) is 0. The van der Waals surface area contributed by atoms with E-state index in [1.165, 1.54) is 18.2 Å². The van der Waals surface area contributed by atoms with Gasteiger partial charge in [-0.15, -0.1) is 11.3 Å². The molecule has 2 aliphatic rings. The van der Waals surface area contributed by atoms with Gasteiger partial charge in [0.1, 0.15) is 10.8 Å². The number of rotatable bonds is 4. The Labute approximate surface area is 166 Å². The van der Waals surface area contributed by atoms with Gasteiger partial charge in [-0.05, 0) is 36.8 Å². The molecule has 4 atom stereocenters. The number of amides is 1. The summed E-state index contributed by atoms with van der Waals surface area (Å²) in [6.45, 7) is 2.67. The van der Waals surface area contributed by atoms with Crippen molar-refractivity contribution in [3.05, 3.63) is 51.2 Å². The van der Waals surface area contributed by atoms with E-state index in [0.29, 0.717) is 24.7 Å². The molecular weight excluding hydrogens is 389 g/mol. The highest BCUT2D eigenvalue weighted by atomic mass is 35.5. The van der Waals surface area contributed by atoms with Crippen molar-refractivity contribution in [2.75, 3.05) is 13.1 Å². The highest BCUT2D eigenvalue weighted by molar-refractivity contribution is 7.09. The van der Waals surface area contributed by atoms with Crippen molar-refractivity contribution in [2.45, 2.75) is 31.5 Å². The molecule has 8 heteroatoms. The molecule has 1 aliphatic heterocycles. The fraction of sp³-hybridized carbons (Fsp3) is 0.474. The second kappa shape index (κ2) is 7.83. The van der Waals surface area contributed by atoms with Crippen LogP contribution in [0.15, 0.2) is 29.8 Å². The van der Waals surface area contributed by atoms with Gasteiger partial charge in [-0.25, -0.2) is 9.37 Å². The number of likely N-dealkylation sites (tertiary alicyclic amines) is 1. The number of thiazole rings is 1. The number of aliphatic hydroxyl groups excluding tert-OH is 1. The Morgan fingerprint density at radius 2 is 2.15 bits per heavy atom. The zero-order valence-corrected chi connectivity index (χ0v) is 16.2. The summed E-state index contributed by atoms with van der Waals surface area (Å²) in [5.74, 6) is -0.420. The predicted octanol–water partition coefficient (Wildman–Crippen LogP) is 2.94. The van der Waals surface area contributed by atoms with Crippen molar-refractivity contribution >= 4 is 28.8 Å². The average molecular weight is 410 g/mol. The minimum absolute atomic E-state index is 0.0752. The molecule has 0 bridgehead atoms. The third kappa shape index (κ3) is 4.01. The van der Waals surface area contributed by atoms with E-state index < -0.39 is 23.9 Å². The lowest BCUT2D eigenvalue weighted by atomic mass is 9.77. The molecule has 2 N–H and O–H groups in total. The van der Waals surface area contributed by atoms with Crippen LogP contribution in [0, 0.1) is 17.7 Å². The van der Waals surface area contributed by atoms with E-state index in [0.717, 1.165) is 24.6 Å². The summed E-state index contributed by atoms with van der Waals surface area (Å²) in [5, 5.41) is 16.5. The predicted molar refractivity (Wildman–Crippen MR) is 102 cm³/mol. The Bertz CT molecular complexity index is 799. The molecule has 2 fully saturated rings. The number of hydrogen-bond donors (Lipinski definition) is 2. The molecule has 4 rings (SSSR count). The maximum atomic E-state index is 14.0. The Morgan fingerprint density at radius 1 is 1.37 bits per heavy atom. The molecular formula is C19H21ClFN3O2S. The fourth-order valence-electron chi connectivity index (χ4n) is 4.29. The SMILES string of the molecule is O=C(N[C@H]1C[C@H]2CN(Cc3nccs3)C[C@H]2C[C@@H]1O)c1c(F)cccc1Cl. The van der Waals surface area contributed by atoms with Crippen LogP contribution in [0.4, 0.5) is 4.39 Å². The highest BCUT2D eigenvalue weighted by Crippen LogP contribution is 2.37. The normalized spacial score (nSPS) is 28.1. The van der Waals surface area contributed by atoms with E-state index in [4.69, 9.17) is 11.6 Å². The van der Waals surface area contributed by atoms with E-state index in [-0.39, 0.29) is 10.6 Å². The van der Waals surface area contributed by atoms with Crippen molar-refractivity contribution in [1.29, 1.82) is 0 Å². The van der Waals surface area contributed by atoms with Crippen LogP contribution < -0.4 is 5.32 Å². The van der Waals surface area contributed by atoms with Crippen LogP contribution in [0.5, 0.6) is 0 Å². The van der Waals surface area contributed by atoms with Gasteiger partial charge < -0.3 is 10.4 Å². The summed E-state index contributed by atoms with van der Waals surface area (Å²) in [6, 6.07) is 3.76. The number of fused-ring (bicyclic) bond motifs is 1. The lowest BCUT2D eigenvalue weighted by Gasteiger charge is -2.35. The average Bonchev–Trinajstić information content (AvgIpc) is 3.24. The first-order chi connectivity index (χ1) is 13.0. The molecule has 1 aromatic heterocycles. The van der Waals surface area contributed by atoms with Gasteiger partial charge in [0.25, 0.3) is 5.91 Å². The molecule has 2 aromatic rings. The first kappa shape index (κ1) is 18.8. The maximum Gasteiger partial charge on any atom is 0.256 e. The molecule has 1 saturated heterocycles. The van der Waals surface area contributed by atoms with Gasteiger partial charge in [0.2, 0.25) is 0 Å². The Hall–Kier alpha value is -1.54. The number of hydrogen-bond acceptors (Lipinski definition) is 5. The fourth-order valence-corrected chi connectivity index (χ4v) is 5.20. The second-order valence-corrected chi connectivity index (χ2v) is 8.74. The highest BCUT2D eigenvalue weighted by Gasteiger charge is 2.42. The van der Waals surface area contributed by atoms with Crippen LogP contribution in [0.1, 0.15) is 28.2 Å². The molecule has 1 aromatic carbocycles. The smallest absolute Gasteiger partial charge is 0.256 e. The molecule has 1 amide bonds. The zero-order chi connectivity index (χ0) is 19.0. The summed E-state index contributed by atoms with van der Waals surface area (Å²) in [5.41, 5.74) is -0.162. The van der Waals surface area contributed by atoms with E-state index in [1.807, 2.05) is 11.6 Å². The van der Waals surface area contributed by atoms with Gasteiger partial charge in [-0.2, -0.15) is 0 Å². The minimum Gasteiger partial charge on any atom is -0.391 e. The number of nitrogens with zero attached hydrogens (tertiary/aromatic N) is 2. The summed E-state index contributed by atoms with van der Waals surface area (Å²) >= 11 is 7.63. The Balaban J connectivity index is 1.40. The lowest BCUT2D eigenvalue weighted by molar-refractivity contribution is 0.0460. The molecule has 2 heterocycles. The zero-order valence-electron chi connectivity index (χ0n) is 14.6. The molecule has 0 radical (unpaired) electrons. The van der Waals surface area contributed by atoms with Gasteiger partial charge in [0.05, 0.1) is 29.3 Å². The Kier molecular flexibility index (Phi) is 5.45. The number of carbonyl (C=O) groups excluding carboxylic acids is 1. The number of aliphatic hydroxyl groups is 1. The molecule has 144 valence electrons. The van der Waals surface area contributed by atoms with Crippen molar-refractivity contribution in [2.24, 2.45) is 11.8 Å². The number of halogens is 2. The molecule has 5 nitrogen and oxygen atoms in total. The van der Waals surface area contributed by atoms with E-state index in [9.17, 15) is 14.3 Å². The largest absolute Gasteiger partial charge is 0.391 e.